The van der Waals surface area contributed by atoms with Crippen molar-refractivity contribution in [1.82, 2.24) is 9.55 Å². The van der Waals surface area contributed by atoms with Crippen LogP contribution in [0, 0.1) is 0 Å². The van der Waals surface area contributed by atoms with E-state index in [2.05, 4.69) is 4.98 Å². The molecule has 0 unspecified atom stereocenters. The van der Waals surface area contributed by atoms with Crippen LogP contribution >= 0.6 is 0 Å². The average Bonchev–Trinajstić information content (AvgIpc) is 2.51. The molecule has 4 N–H and O–H groups in total. The van der Waals surface area contributed by atoms with Gasteiger partial charge in [-0.05, 0) is 5.56 Å². The van der Waals surface area contributed by atoms with Gasteiger partial charge in [-0.2, -0.15) is 0 Å². The second-order valence-electron chi connectivity index (χ2n) is 5.90. The van der Waals surface area contributed by atoms with Gasteiger partial charge < -0.3 is 15.5 Å². The molecular weight excluding hydrogens is 310 g/mol. The van der Waals surface area contributed by atoms with E-state index in [1.54, 1.807) is 0 Å². The Balaban J connectivity index is 2.46. The van der Waals surface area contributed by atoms with Crippen molar-refractivity contribution in [3.8, 4) is 0 Å². The highest BCUT2D eigenvalue weighted by Crippen LogP contribution is 2.16. The van der Waals surface area contributed by atoms with Crippen LogP contribution in [0.3, 0.4) is 0 Å². The smallest absolute Gasteiger partial charge is 0.330 e. The van der Waals surface area contributed by atoms with Crippen LogP contribution in [-0.4, -0.2) is 43.1 Å². The van der Waals surface area contributed by atoms with Crippen LogP contribution in [0.25, 0.3) is 0 Å². The Morgan fingerprint density at radius 3 is 2.46 bits per heavy atom. The van der Waals surface area contributed by atoms with Crippen molar-refractivity contribution < 1.29 is 9.69 Å². The summed E-state index contributed by atoms with van der Waals surface area (Å²) in [4.78, 5) is 40.8. The molecule has 0 saturated heterocycles. The summed E-state index contributed by atoms with van der Waals surface area (Å²) in [7, 11) is 5.13. The summed E-state index contributed by atoms with van der Waals surface area (Å²) < 4.78 is 1.25. The number of likely N-dealkylation sites (N-methyl/N-ethyl adjacent to an activating group) is 2. The number of anilines is 2. The number of H-pyrrole nitrogens is 1. The average molecular weight is 332 g/mol. The first-order chi connectivity index (χ1) is 11.3. The Hall–Kier alpha value is -2.87. The van der Waals surface area contributed by atoms with E-state index in [1.807, 2.05) is 44.4 Å². The highest BCUT2D eigenvalue weighted by atomic mass is 16.2. The van der Waals surface area contributed by atoms with E-state index in [9.17, 15) is 14.4 Å². The van der Waals surface area contributed by atoms with Crippen LogP contribution in [0.15, 0.2) is 39.9 Å². The van der Waals surface area contributed by atoms with Crippen LogP contribution in [0.2, 0.25) is 0 Å². The molecule has 1 aromatic carbocycles. The second kappa shape index (κ2) is 7.14. The van der Waals surface area contributed by atoms with Gasteiger partial charge in [0.15, 0.2) is 12.2 Å². The van der Waals surface area contributed by atoms with Crippen molar-refractivity contribution in [2.75, 3.05) is 38.3 Å². The summed E-state index contributed by atoms with van der Waals surface area (Å²) in [6.07, 6.45) is 0. The zero-order valence-corrected chi connectivity index (χ0v) is 14.0. The van der Waals surface area contributed by atoms with E-state index in [-0.39, 0.29) is 30.5 Å². The number of carbonyl (C=O) groups is 1. The maximum Gasteiger partial charge on any atom is 0.330 e. The lowest BCUT2D eigenvalue weighted by atomic mass is 10.2. The van der Waals surface area contributed by atoms with Gasteiger partial charge in [0, 0.05) is 7.05 Å². The molecule has 2 rings (SSSR count). The molecule has 1 amide bonds. The number of amides is 1. The van der Waals surface area contributed by atoms with E-state index in [1.165, 1.54) is 16.5 Å². The monoisotopic (exact) mass is 332 g/mol. The number of aromatic amines is 1. The third-order valence-corrected chi connectivity index (χ3v) is 3.61. The minimum atomic E-state index is -0.675. The maximum absolute atomic E-state index is 12.2. The topological polar surface area (TPSA) is 106 Å². The van der Waals surface area contributed by atoms with Crippen LogP contribution in [0.1, 0.15) is 5.56 Å². The van der Waals surface area contributed by atoms with E-state index in [0.717, 1.165) is 10.5 Å². The fourth-order valence-corrected chi connectivity index (χ4v) is 2.37. The predicted octanol–water partition coefficient (Wildman–Crippen LogP) is -1.73. The van der Waals surface area contributed by atoms with Gasteiger partial charge in [0.25, 0.3) is 11.5 Å². The van der Waals surface area contributed by atoms with Gasteiger partial charge in [0.2, 0.25) is 0 Å². The van der Waals surface area contributed by atoms with Gasteiger partial charge in [-0.1, -0.05) is 30.3 Å². The van der Waals surface area contributed by atoms with Crippen molar-refractivity contribution >= 4 is 17.4 Å². The molecule has 2 aromatic rings. The van der Waals surface area contributed by atoms with Crippen LogP contribution in [0.4, 0.5) is 11.5 Å². The maximum atomic E-state index is 12.2. The van der Waals surface area contributed by atoms with Gasteiger partial charge in [-0.3, -0.25) is 19.1 Å². The van der Waals surface area contributed by atoms with Crippen molar-refractivity contribution in [3.05, 3.63) is 56.7 Å². The Morgan fingerprint density at radius 2 is 1.88 bits per heavy atom. The zero-order valence-electron chi connectivity index (χ0n) is 14.0. The fraction of sp³-hybridized carbons (Fsp3) is 0.312. The standard InChI is InChI=1S/C16H21N5O3/c1-19(2)10-12(22)20(3)13-14(17)21(16(24)18-15(13)23)9-11-7-5-4-6-8-11/h4-8H,9-10,17H2,1-3H3,(H,18,23,24)/p+1. The molecule has 8 heteroatoms. The largest absolute Gasteiger partial charge is 0.383 e. The van der Waals surface area contributed by atoms with Gasteiger partial charge in [0.1, 0.15) is 5.82 Å². The van der Waals surface area contributed by atoms with Crippen LogP contribution in [0.5, 0.6) is 0 Å². The molecule has 24 heavy (non-hydrogen) atoms. The number of nitrogen functional groups attached to an aromatic ring is 1. The molecule has 0 aliphatic rings. The molecule has 8 nitrogen and oxygen atoms in total. The number of nitrogens with one attached hydrogen (secondary N) is 2. The lowest BCUT2D eigenvalue weighted by molar-refractivity contribution is -0.849. The molecule has 1 aromatic heterocycles. The number of rotatable bonds is 5. The van der Waals surface area contributed by atoms with Crippen molar-refractivity contribution in [2.24, 2.45) is 0 Å². The molecule has 128 valence electrons. The van der Waals surface area contributed by atoms with E-state index >= 15 is 0 Å². The van der Waals surface area contributed by atoms with E-state index in [0.29, 0.717) is 0 Å². The first kappa shape index (κ1) is 17.5. The Kier molecular flexibility index (Phi) is 5.20. The number of carbonyl (C=O) groups excluding carboxylic acids is 1. The molecule has 0 aliphatic carbocycles. The van der Waals surface area contributed by atoms with Crippen molar-refractivity contribution in [3.63, 3.8) is 0 Å². The number of nitrogens with zero attached hydrogens (tertiary/aromatic N) is 2. The van der Waals surface area contributed by atoms with E-state index in [4.69, 9.17) is 5.73 Å². The van der Waals surface area contributed by atoms with Crippen LogP contribution in [-0.2, 0) is 11.3 Å². The third-order valence-electron chi connectivity index (χ3n) is 3.61. The molecule has 0 aliphatic heterocycles. The number of hydrogen-bond donors (Lipinski definition) is 3. The van der Waals surface area contributed by atoms with E-state index < -0.39 is 11.2 Å². The van der Waals surface area contributed by atoms with Gasteiger partial charge in [0.05, 0.1) is 20.6 Å². The first-order valence-corrected chi connectivity index (χ1v) is 7.53. The van der Waals surface area contributed by atoms with Gasteiger partial charge >= 0.3 is 5.69 Å². The van der Waals surface area contributed by atoms with Gasteiger partial charge in [-0.25, -0.2) is 4.79 Å². The molecule has 0 radical (unpaired) electrons. The second-order valence-corrected chi connectivity index (χ2v) is 5.90. The summed E-state index contributed by atoms with van der Waals surface area (Å²) >= 11 is 0. The molecule has 1 heterocycles. The Morgan fingerprint density at radius 1 is 1.25 bits per heavy atom. The molecule has 0 bridgehead atoms. The highest BCUT2D eigenvalue weighted by molar-refractivity contribution is 5.95. The summed E-state index contributed by atoms with van der Waals surface area (Å²) in [6.45, 7) is 0.406. The molecule has 0 saturated carbocycles. The van der Waals surface area contributed by atoms with Gasteiger partial charge in [-0.15, -0.1) is 0 Å². The van der Waals surface area contributed by atoms with Crippen LogP contribution < -0.4 is 26.8 Å². The zero-order chi connectivity index (χ0) is 17.9. The quantitative estimate of drug-likeness (QED) is 0.605. The fourth-order valence-electron chi connectivity index (χ4n) is 2.37. The number of hydrogen-bond acceptors (Lipinski definition) is 4. The lowest BCUT2D eigenvalue weighted by Gasteiger charge is -2.20. The normalized spacial score (nSPS) is 10.8. The molecule has 0 fully saturated rings. The lowest BCUT2D eigenvalue weighted by Crippen LogP contribution is -3.07. The first-order valence-electron chi connectivity index (χ1n) is 7.53. The Labute approximate surface area is 139 Å². The number of quaternary nitrogens is 1. The minimum absolute atomic E-state index is 0.0169. The summed E-state index contributed by atoms with van der Waals surface area (Å²) in [5.74, 6) is -0.297. The SMILES string of the molecule is CN(C(=O)C[NH+](C)C)c1c(N)n(Cc2ccccc2)c(=O)[nH]c1=O. The molecular formula is C16H22N5O3+. The Bertz CT molecular complexity index is 839. The van der Waals surface area contributed by atoms with Crippen molar-refractivity contribution in [1.29, 1.82) is 0 Å². The predicted molar refractivity (Wildman–Crippen MR) is 92.4 cm³/mol. The number of benzene rings is 1. The summed E-state index contributed by atoms with van der Waals surface area (Å²) in [5, 5.41) is 0. The molecule has 0 atom stereocenters. The minimum Gasteiger partial charge on any atom is -0.383 e. The third kappa shape index (κ3) is 3.72. The molecule has 0 spiro atoms. The highest BCUT2D eigenvalue weighted by Gasteiger charge is 2.22. The number of aromatic nitrogens is 2. The van der Waals surface area contributed by atoms with Crippen molar-refractivity contribution in [2.45, 2.75) is 6.54 Å². The summed E-state index contributed by atoms with van der Waals surface area (Å²) in [5.41, 5.74) is 5.60. The summed E-state index contributed by atoms with van der Waals surface area (Å²) in [6, 6.07) is 9.25. The number of nitrogens with two attached hydrogens (primary N) is 1.